The largest absolute Gasteiger partial charge is 0.477 e. The Morgan fingerprint density at radius 2 is 1.88 bits per heavy atom. The number of carbonyl (C=O) groups is 2. The fourth-order valence-electron chi connectivity index (χ4n) is 3.24. The van der Waals surface area contributed by atoms with Crippen LogP contribution in [0.25, 0.3) is 10.1 Å². The molecule has 0 radical (unpaired) electrons. The van der Waals surface area contributed by atoms with Crippen molar-refractivity contribution >= 4 is 33.3 Å². The summed E-state index contributed by atoms with van der Waals surface area (Å²) in [4.78, 5) is 24.2. The van der Waals surface area contributed by atoms with Crippen LogP contribution in [-0.4, -0.2) is 17.0 Å². The van der Waals surface area contributed by atoms with Gasteiger partial charge in [0.2, 0.25) is 5.91 Å². The van der Waals surface area contributed by atoms with Crippen molar-refractivity contribution in [3.63, 3.8) is 0 Å². The maximum Gasteiger partial charge on any atom is 0.346 e. The van der Waals surface area contributed by atoms with Gasteiger partial charge < -0.3 is 10.4 Å². The molecule has 3 aromatic rings. The number of benzene rings is 2. The van der Waals surface area contributed by atoms with E-state index in [1.165, 1.54) is 16.9 Å². The number of fused-ring (bicyclic) bond motifs is 2. The molecule has 1 aliphatic carbocycles. The number of nitrogens with one attached hydrogen (secondary N) is 1. The SMILES string of the molecule is O=C(O)c1sc2ccccc2c1CNC(=O)C1Cc2ccccc21. The second-order valence-electron chi connectivity index (χ2n) is 5.88. The Labute approximate surface area is 142 Å². The van der Waals surface area contributed by atoms with E-state index < -0.39 is 5.97 Å². The minimum absolute atomic E-state index is 0.0414. The van der Waals surface area contributed by atoms with Crippen LogP contribution in [0.2, 0.25) is 0 Å². The molecule has 24 heavy (non-hydrogen) atoms. The van der Waals surface area contributed by atoms with E-state index >= 15 is 0 Å². The summed E-state index contributed by atoms with van der Waals surface area (Å²) >= 11 is 1.25. The number of thiophene rings is 1. The fourth-order valence-corrected chi connectivity index (χ4v) is 4.30. The molecule has 4 nitrogen and oxygen atoms in total. The zero-order valence-electron chi connectivity index (χ0n) is 12.8. The topological polar surface area (TPSA) is 66.4 Å². The van der Waals surface area contributed by atoms with Crippen molar-refractivity contribution in [3.8, 4) is 0 Å². The molecule has 4 rings (SSSR count). The van der Waals surface area contributed by atoms with Crippen molar-refractivity contribution in [2.45, 2.75) is 18.9 Å². The van der Waals surface area contributed by atoms with Crippen molar-refractivity contribution < 1.29 is 14.7 Å². The van der Waals surface area contributed by atoms with Crippen LogP contribution in [0.1, 0.15) is 32.3 Å². The van der Waals surface area contributed by atoms with E-state index in [1.807, 2.05) is 48.5 Å². The summed E-state index contributed by atoms with van der Waals surface area (Å²) in [6.45, 7) is 0.239. The normalized spacial score (nSPS) is 15.6. The third-order valence-electron chi connectivity index (χ3n) is 4.50. The first kappa shape index (κ1) is 14.9. The second kappa shape index (κ2) is 5.76. The molecule has 1 unspecified atom stereocenters. The van der Waals surface area contributed by atoms with Gasteiger partial charge in [0.25, 0.3) is 0 Å². The highest BCUT2D eigenvalue weighted by atomic mass is 32.1. The van der Waals surface area contributed by atoms with E-state index in [9.17, 15) is 14.7 Å². The Morgan fingerprint density at radius 1 is 1.12 bits per heavy atom. The third-order valence-corrected chi connectivity index (χ3v) is 5.70. The van der Waals surface area contributed by atoms with Gasteiger partial charge in [0.1, 0.15) is 4.88 Å². The molecule has 2 aromatic carbocycles. The number of aromatic carboxylic acids is 1. The molecule has 0 bridgehead atoms. The van der Waals surface area contributed by atoms with Gasteiger partial charge in [-0.1, -0.05) is 42.5 Å². The monoisotopic (exact) mass is 337 g/mol. The molecule has 0 spiro atoms. The van der Waals surface area contributed by atoms with Gasteiger partial charge in [0.15, 0.2) is 0 Å². The summed E-state index contributed by atoms with van der Waals surface area (Å²) in [5.41, 5.74) is 2.97. The number of carboxylic acid groups (broad SMARTS) is 1. The van der Waals surface area contributed by atoms with Crippen LogP contribution < -0.4 is 5.32 Å². The molecule has 0 saturated heterocycles. The molecule has 1 aromatic heterocycles. The predicted octanol–water partition coefficient (Wildman–Crippen LogP) is 3.56. The summed E-state index contributed by atoms with van der Waals surface area (Å²) in [7, 11) is 0. The quantitative estimate of drug-likeness (QED) is 0.765. The number of hydrogen-bond acceptors (Lipinski definition) is 3. The van der Waals surface area contributed by atoms with Crippen molar-refractivity contribution in [3.05, 3.63) is 70.1 Å². The summed E-state index contributed by atoms with van der Waals surface area (Å²) in [5.74, 6) is -1.12. The molecule has 1 heterocycles. The summed E-state index contributed by atoms with van der Waals surface area (Å²) in [5, 5.41) is 13.2. The first-order valence-electron chi connectivity index (χ1n) is 7.74. The fraction of sp³-hybridized carbons (Fsp3) is 0.158. The van der Waals surface area contributed by atoms with Crippen LogP contribution in [0, 0.1) is 0 Å². The van der Waals surface area contributed by atoms with Crippen LogP contribution >= 0.6 is 11.3 Å². The van der Waals surface area contributed by atoms with Gasteiger partial charge in [0, 0.05) is 16.8 Å². The zero-order valence-corrected chi connectivity index (χ0v) is 13.6. The molecule has 5 heteroatoms. The average molecular weight is 337 g/mol. The number of carbonyl (C=O) groups excluding carboxylic acids is 1. The van der Waals surface area contributed by atoms with Crippen molar-refractivity contribution in [2.75, 3.05) is 0 Å². The standard InChI is InChI=1S/C19H15NO3S/c21-18(14-9-11-5-1-2-6-12(11)14)20-10-15-13-7-3-4-8-16(13)24-17(15)19(22)23/h1-8,14H,9-10H2,(H,20,21)(H,22,23). The smallest absolute Gasteiger partial charge is 0.346 e. The zero-order chi connectivity index (χ0) is 16.7. The lowest BCUT2D eigenvalue weighted by molar-refractivity contribution is -0.123. The number of rotatable bonds is 4. The maximum atomic E-state index is 12.4. The van der Waals surface area contributed by atoms with E-state index in [1.54, 1.807) is 0 Å². The van der Waals surface area contributed by atoms with Gasteiger partial charge in [-0.25, -0.2) is 4.79 Å². The lowest BCUT2D eigenvalue weighted by Crippen LogP contribution is -2.35. The Bertz CT molecular complexity index is 960. The van der Waals surface area contributed by atoms with Crippen LogP contribution in [0.3, 0.4) is 0 Å². The first-order chi connectivity index (χ1) is 11.6. The lowest BCUT2D eigenvalue weighted by atomic mass is 9.77. The van der Waals surface area contributed by atoms with Crippen LogP contribution in [0.4, 0.5) is 0 Å². The molecule has 0 fully saturated rings. The first-order valence-corrected chi connectivity index (χ1v) is 8.56. The van der Waals surface area contributed by atoms with Gasteiger partial charge in [0.05, 0.1) is 5.92 Å². The molecular weight excluding hydrogens is 322 g/mol. The van der Waals surface area contributed by atoms with E-state index in [0.717, 1.165) is 22.1 Å². The van der Waals surface area contributed by atoms with Crippen LogP contribution in [-0.2, 0) is 17.8 Å². The minimum Gasteiger partial charge on any atom is -0.477 e. The number of hydrogen-bond donors (Lipinski definition) is 2. The van der Waals surface area contributed by atoms with Gasteiger partial charge >= 0.3 is 5.97 Å². The Hall–Kier alpha value is -2.66. The third kappa shape index (κ3) is 2.37. The number of amides is 1. The highest BCUT2D eigenvalue weighted by molar-refractivity contribution is 7.21. The Kier molecular flexibility index (Phi) is 3.58. The van der Waals surface area contributed by atoms with Gasteiger partial charge in [-0.2, -0.15) is 0 Å². The molecule has 1 atom stereocenters. The summed E-state index contributed by atoms with van der Waals surface area (Å²) in [6, 6.07) is 15.5. The van der Waals surface area contributed by atoms with Gasteiger partial charge in [-0.05, 0) is 29.0 Å². The Balaban J connectivity index is 1.56. The highest BCUT2D eigenvalue weighted by Gasteiger charge is 2.31. The average Bonchev–Trinajstić information content (AvgIpc) is 2.93. The second-order valence-corrected chi connectivity index (χ2v) is 6.94. The Morgan fingerprint density at radius 3 is 2.67 bits per heavy atom. The number of carboxylic acids is 1. The van der Waals surface area contributed by atoms with E-state index in [0.29, 0.717) is 10.4 Å². The minimum atomic E-state index is -0.950. The van der Waals surface area contributed by atoms with E-state index in [4.69, 9.17) is 0 Å². The van der Waals surface area contributed by atoms with E-state index in [2.05, 4.69) is 5.32 Å². The molecule has 2 N–H and O–H groups in total. The van der Waals surface area contributed by atoms with Crippen molar-refractivity contribution in [1.82, 2.24) is 5.32 Å². The van der Waals surface area contributed by atoms with Crippen LogP contribution in [0.15, 0.2) is 48.5 Å². The lowest BCUT2D eigenvalue weighted by Gasteiger charge is -2.28. The summed E-state index contributed by atoms with van der Waals surface area (Å²) in [6.07, 6.45) is 0.748. The summed E-state index contributed by atoms with van der Waals surface area (Å²) < 4.78 is 0.924. The van der Waals surface area contributed by atoms with Crippen molar-refractivity contribution in [1.29, 1.82) is 0 Å². The molecule has 0 aliphatic heterocycles. The highest BCUT2D eigenvalue weighted by Crippen LogP contribution is 2.35. The predicted molar refractivity (Wildman–Crippen MR) is 93.5 cm³/mol. The molecule has 1 aliphatic rings. The molecule has 120 valence electrons. The molecule has 0 saturated carbocycles. The van der Waals surface area contributed by atoms with Crippen LogP contribution in [0.5, 0.6) is 0 Å². The van der Waals surface area contributed by atoms with E-state index in [-0.39, 0.29) is 18.4 Å². The molecular formula is C19H15NO3S. The molecule has 1 amide bonds. The van der Waals surface area contributed by atoms with Crippen molar-refractivity contribution in [2.24, 2.45) is 0 Å². The van der Waals surface area contributed by atoms with Gasteiger partial charge in [-0.3, -0.25) is 4.79 Å². The maximum absolute atomic E-state index is 12.4. The van der Waals surface area contributed by atoms with Gasteiger partial charge in [-0.15, -0.1) is 11.3 Å².